The molecule has 0 aliphatic rings. The van der Waals surface area contributed by atoms with Gasteiger partial charge in [-0.25, -0.2) is 4.79 Å². The molecule has 0 saturated carbocycles. The van der Waals surface area contributed by atoms with Gasteiger partial charge in [0.1, 0.15) is 0 Å². The van der Waals surface area contributed by atoms with E-state index in [1.807, 2.05) is 0 Å². The van der Waals surface area contributed by atoms with Crippen LogP contribution in [0, 0.1) is 6.92 Å². The Morgan fingerprint density at radius 2 is 2.21 bits per heavy atom. The highest BCUT2D eigenvalue weighted by atomic mass is 16.4. The minimum atomic E-state index is -1.02. The molecule has 0 aliphatic carbocycles. The molecule has 1 atom stereocenters. The molecular weight excluding hydrogens is 182 g/mol. The summed E-state index contributed by atoms with van der Waals surface area (Å²) in [5, 5.41) is 17.8. The average molecular weight is 195 g/mol. The Bertz CT molecular complexity index is 349. The lowest BCUT2D eigenvalue weighted by molar-refractivity contribution is 0.0694. The van der Waals surface area contributed by atoms with Crippen LogP contribution < -0.4 is 5.73 Å². The number of hydrogen-bond donors (Lipinski definition) is 3. The summed E-state index contributed by atoms with van der Waals surface area (Å²) in [4.78, 5) is 10.9. The predicted octanol–water partition coefficient (Wildman–Crippen LogP) is 0.685. The van der Waals surface area contributed by atoms with Gasteiger partial charge >= 0.3 is 5.97 Å². The number of nitrogens with two attached hydrogens (primary N) is 1. The molecule has 0 amide bonds. The number of benzene rings is 1. The molecule has 0 aromatic heterocycles. The van der Waals surface area contributed by atoms with Gasteiger partial charge in [-0.05, 0) is 24.1 Å². The monoisotopic (exact) mass is 195 g/mol. The molecule has 1 rings (SSSR count). The number of aliphatic hydroxyl groups is 1. The van der Waals surface area contributed by atoms with E-state index in [-0.39, 0.29) is 12.2 Å². The molecule has 4 heteroatoms. The topological polar surface area (TPSA) is 83.5 Å². The first-order chi connectivity index (χ1) is 6.57. The summed E-state index contributed by atoms with van der Waals surface area (Å²) >= 11 is 0. The van der Waals surface area contributed by atoms with Crippen LogP contribution in [-0.4, -0.2) is 22.8 Å². The van der Waals surface area contributed by atoms with Crippen molar-refractivity contribution in [3.63, 3.8) is 0 Å². The van der Waals surface area contributed by atoms with E-state index in [1.165, 1.54) is 6.07 Å². The van der Waals surface area contributed by atoms with Gasteiger partial charge in [0.15, 0.2) is 0 Å². The third-order valence-corrected chi connectivity index (χ3v) is 2.12. The molecule has 0 fully saturated rings. The second-order valence-corrected chi connectivity index (χ2v) is 3.13. The molecule has 1 aromatic carbocycles. The van der Waals surface area contributed by atoms with Crippen LogP contribution in [0.2, 0.25) is 0 Å². The molecule has 4 nitrogen and oxygen atoms in total. The Hall–Kier alpha value is -1.39. The van der Waals surface area contributed by atoms with Crippen molar-refractivity contribution in [3.05, 3.63) is 34.9 Å². The van der Waals surface area contributed by atoms with Crippen molar-refractivity contribution in [2.75, 3.05) is 6.61 Å². The summed E-state index contributed by atoms with van der Waals surface area (Å²) in [5.74, 6) is -1.02. The first-order valence-corrected chi connectivity index (χ1v) is 4.27. The maximum absolute atomic E-state index is 10.9. The van der Waals surface area contributed by atoms with Crippen LogP contribution in [-0.2, 0) is 0 Å². The zero-order valence-electron chi connectivity index (χ0n) is 7.90. The molecule has 0 bridgehead atoms. The molecule has 4 N–H and O–H groups in total. The van der Waals surface area contributed by atoms with Gasteiger partial charge in [0.05, 0.1) is 18.2 Å². The van der Waals surface area contributed by atoms with Crippen molar-refractivity contribution in [1.82, 2.24) is 0 Å². The highest BCUT2D eigenvalue weighted by Crippen LogP contribution is 2.20. The summed E-state index contributed by atoms with van der Waals surface area (Å²) in [7, 11) is 0. The van der Waals surface area contributed by atoms with Crippen molar-refractivity contribution >= 4 is 5.97 Å². The molecule has 0 unspecified atom stereocenters. The number of aryl methyl sites for hydroxylation is 1. The quantitative estimate of drug-likeness (QED) is 0.662. The lowest BCUT2D eigenvalue weighted by Crippen LogP contribution is -2.19. The fourth-order valence-corrected chi connectivity index (χ4v) is 1.45. The molecule has 0 heterocycles. The molecule has 0 radical (unpaired) electrons. The molecule has 0 spiro atoms. The van der Waals surface area contributed by atoms with Gasteiger partial charge in [-0.15, -0.1) is 0 Å². The van der Waals surface area contributed by atoms with Gasteiger partial charge in [0.25, 0.3) is 0 Å². The third kappa shape index (κ3) is 1.92. The Labute approximate surface area is 82.0 Å². The van der Waals surface area contributed by atoms with Crippen LogP contribution in [0.25, 0.3) is 0 Å². The van der Waals surface area contributed by atoms with Gasteiger partial charge in [-0.3, -0.25) is 0 Å². The molecule has 14 heavy (non-hydrogen) atoms. The van der Waals surface area contributed by atoms with Crippen LogP contribution in [0.15, 0.2) is 18.2 Å². The van der Waals surface area contributed by atoms with E-state index in [0.29, 0.717) is 5.56 Å². The number of carbonyl (C=O) groups is 1. The maximum atomic E-state index is 10.9. The Morgan fingerprint density at radius 1 is 1.57 bits per heavy atom. The van der Waals surface area contributed by atoms with E-state index >= 15 is 0 Å². The average Bonchev–Trinajstić information content (AvgIpc) is 2.16. The van der Waals surface area contributed by atoms with E-state index in [1.54, 1.807) is 19.1 Å². The first-order valence-electron chi connectivity index (χ1n) is 4.27. The second-order valence-electron chi connectivity index (χ2n) is 3.13. The second kappa shape index (κ2) is 4.21. The highest BCUT2D eigenvalue weighted by molar-refractivity contribution is 5.90. The number of hydrogen-bond acceptors (Lipinski definition) is 3. The smallest absolute Gasteiger partial charge is 0.336 e. The number of carboxylic acid groups (broad SMARTS) is 1. The Kier molecular flexibility index (Phi) is 3.22. The fourth-order valence-electron chi connectivity index (χ4n) is 1.45. The van der Waals surface area contributed by atoms with Crippen LogP contribution >= 0.6 is 0 Å². The number of aliphatic hydroxyl groups excluding tert-OH is 1. The number of carboxylic acids is 1. The maximum Gasteiger partial charge on any atom is 0.336 e. The molecular formula is C10H13NO3. The fraction of sp³-hybridized carbons (Fsp3) is 0.300. The van der Waals surface area contributed by atoms with Crippen LogP contribution in [0.1, 0.15) is 27.5 Å². The molecule has 0 aliphatic heterocycles. The minimum Gasteiger partial charge on any atom is -0.478 e. The number of rotatable bonds is 3. The van der Waals surface area contributed by atoms with E-state index in [2.05, 4.69) is 0 Å². The van der Waals surface area contributed by atoms with Gasteiger partial charge in [-0.2, -0.15) is 0 Å². The van der Waals surface area contributed by atoms with Crippen molar-refractivity contribution in [2.24, 2.45) is 5.73 Å². The van der Waals surface area contributed by atoms with Crippen molar-refractivity contribution < 1.29 is 15.0 Å². The summed E-state index contributed by atoms with van der Waals surface area (Å²) in [6.45, 7) is 1.52. The predicted molar refractivity (Wildman–Crippen MR) is 52.2 cm³/mol. The lowest BCUT2D eigenvalue weighted by atomic mass is 9.96. The number of aromatic carboxylic acids is 1. The Morgan fingerprint density at radius 3 is 2.71 bits per heavy atom. The first kappa shape index (κ1) is 10.7. The van der Waals surface area contributed by atoms with Crippen molar-refractivity contribution in [3.8, 4) is 0 Å². The standard InChI is InChI=1S/C10H13NO3/c1-6-3-2-4-7(10(13)14)9(6)8(11)5-12/h2-4,8,12H,5,11H2,1H3,(H,13,14)/t8-/m0/s1. The van der Waals surface area contributed by atoms with Crippen molar-refractivity contribution in [1.29, 1.82) is 0 Å². The molecule has 1 aromatic rings. The van der Waals surface area contributed by atoms with E-state index in [4.69, 9.17) is 15.9 Å². The normalized spacial score (nSPS) is 12.5. The lowest BCUT2D eigenvalue weighted by Gasteiger charge is -2.14. The summed E-state index contributed by atoms with van der Waals surface area (Å²) in [6.07, 6.45) is 0. The van der Waals surface area contributed by atoms with E-state index in [9.17, 15) is 4.79 Å². The van der Waals surface area contributed by atoms with Crippen LogP contribution in [0.3, 0.4) is 0 Å². The summed E-state index contributed by atoms with van der Waals surface area (Å²) in [5.41, 5.74) is 7.07. The van der Waals surface area contributed by atoms with Gasteiger partial charge in [0.2, 0.25) is 0 Å². The molecule has 76 valence electrons. The van der Waals surface area contributed by atoms with E-state index in [0.717, 1.165) is 5.56 Å². The zero-order chi connectivity index (χ0) is 10.7. The van der Waals surface area contributed by atoms with Gasteiger partial charge < -0.3 is 15.9 Å². The van der Waals surface area contributed by atoms with Crippen LogP contribution in [0.5, 0.6) is 0 Å². The SMILES string of the molecule is Cc1cccc(C(=O)O)c1[C@@H](N)CO. The Balaban J connectivity index is 3.29. The minimum absolute atomic E-state index is 0.159. The zero-order valence-corrected chi connectivity index (χ0v) is 7.90. The largest absolute Gasteiger partial charge is 0.478 e. The highest BCUT2D eigenvalue weighted by Gasteiger charge is 2.16. The summed E-state index contributed by atoms with van der Waals surface area (Å²) < 4.78 is 0. The van der Waals surface area contributed by atoms with Gasteiger partial charge in [0, 0.05) is 0 Å². The van der Waals surface area contributed by atoms with Gasteiger partial charge in [-0.1, -0.05) is 12.1 Å². The third-order valence-electron chi connectivity index (χ3n) is 2.12. The van der Waals surface area contributed by atoms with Crippen LogP contribution in [0.4, 0.5) is 0 Å². The molecule has 0 saturated heterocycles. The van der Waals surface area contributed by atoms with Crippen molar-refractivity contribution in [2.45, 2.75) is 13.0 Å². The summed E-state index contributed by atoms with van der Waals surface area (Å²) in [6, 6.07) is 4.28. The van der Waals surface area contributed by atoms with E-state index < -0.39 is 12.0 Å².